The molecule has 0 saturated heterocycles. The summed E-state index contributed by atoms with van der Waals surface area (Å²) in [5, 5.41) is 0. The maximum Gasteiger partial charge on any atom is 0.170 e. The van der Waals surface area contributed by atoms with Crippen LogP contribution in [-0.2, 0) is 9.05 Å². The molecule has 0 aliphatic rings. The summed E-state index contributed by atoms with van der Waals surface area (Å²) >= 11 is 0. The first-order valence-corrected chi connectivity index (χ1v) is 14.7. The van der Waals surface area contributed by atoms with Crippen LogP contribution in [0.5, 0.6) is 0 Å². The summed E-state index contributed by atoms with van der Waals surface area (Å²) in [4.78, 5) is 0. The molecule has 0 fully saturated rings. The highest BCUT2D eigenvalue weighted by Crippen LogP contribution is 2.40. The molecule has 0 N–H and O–H groups in total. The molecular weight excluding hydrogens is 375 g/mol. The van der Waals surface area contributed by atoms with Crippen LogP contribution < -0.4 is 0 Å². The number of hydrogen-bond acceptors (Lipinski definition) is 2. The molecule has 29 heavy (non-hydrogen) atoms. The lowest BCUT2D eigenvalue weighted by Crippen LogP contribution is -2.00. The molecule has 0 rings (SSSR count). The van der Waals surface area contributed by atoms with E-state index in [1.165, 1.54) is 128 Å². The van der Waals surface area contributed by atoms with Crippen LogP contribution in [0.25, 0.3) is 0 Å². The average Bonchev–Trinajstić information content (AvgIpc) is 2.73. The van der Waals surface area contributed by atoms with E-state index in [9.17, 15) is 0 Å². The van der Waals surface area contributed by atoms with Gasteiger partial charge in [0.15, 0.2) is 8.38 Å². The summed E-state index contributed by atoms with van der Waals surface area (Å²) in [6.07, 6.45) is 28.2. The van der Waals surface area contributed by atoms with E-state index in [-0.39, 0.29) is 0 Å². The summed E-state index contributed by atoms with van der Waals surface area (Å²) in [5.41, 5.74) is 0. The van der Waals surface area contributed by atoms with Crippen molar-refractivity contribution in [3.63, 3.8) is 0 Å². The van der Waals surface area contributed by atoms with Crippen LogP contribution in [0.15, 0.2) is 0 Å². The topological polar surface area (TPSA) is 18.5 Å². The lowest BCUT2D eigenvalue weighted by atomic mass is 10.1. The van der Waals surface area contributed by atoms with Gasteiger partial charge < -0.3 is 9.05 Å². The molecule has 0 aromatic carbocycles. The Morgan fingerprint density at radius 3 is 1.07 bits per heavy atom. The van der Waals surface area contributed by atoms with Crippen LogP contribution >= 0.6 is 8.38 Å². The molecule has 0 aliphatic carbocycles. The van der Waals surface area contributed by atoms with Crippen molar-refractivity contribution >= 4 is 8.38 Å². The smallest absolute Gasteiger partial charge is 0.170 e. The van der Waals surface area contributed by atoms with Crippen molar-refractivity contribution in [3.05, 3.63) is 0 Å². The van der Waals surface area contributed by atoms with Gasteiger partial charge in [-0.25, -0.2) is 0 Å². The third-order valence-corrected chi connectivity index (χ3v) is 7.28. The fourth-order valence-corrected chi connectivity index (χ4v) is 5.12. The van der Waals surface area contributed by atoms with Gasteiger partial charge in [-0.15, -0.1) is 0 Å². The molecule has 3 heteroatoms. The summed E-state index contributed by atoms with van der Waals surface area (Å²) < 4.78 is 12.4. The number of rotatable bonds is 25. The number of hydrogen-bond donors (Lipinski definition) is 0. The van der Waals surface area contributed by atoms with Crippen LogP contribution in [0.2, 0.25) is 0 Å². The molecule has 0 amide bonds. The van der Waals surface area contributed by atoms with E-state index in [1.807, 2.05) is 0 Å². The molecule has 1 unspecified atom stereocenters. The minimum Gasteiger partial charge on any atom is -0.334 e. The monoisotopic (exact) mass is 430 g/mol. The first kappa shape index (κ1) is 29.4. The van der Waals surface area contributed by atoms with E-state index in [1.54, 1.807) is 0 Å². The highest BCUT2D eigenvalue weighted by atomic mass is 31.2. The Labute approximate surface area is 186 Å². The Bertz CT molecular complexity index is 286. The van der Waals surface area contributed by atoms with Gasteiger partial charge in [-0.1, -0.05) is 130 Å². The second kappa shape index (κ2) is 26.4. The molecule has 0 aliphatic heterocycles. The first-order chi connectivity index (χ1) is 14.3. The van der Waals surface area contributed by atoms with Gasteiger partial charge in [-0.3, -0.25) is 0 Å². The van der Waals surface area contributed by atoms with Gasteiger partial charge >= 0.3 is 0 Å². The predicted molar refractivity (Wildman–Crippen MR) is 133 cm³/mol. The summed E-state index contributed by atoms with van der Waals surface area (Å²) in [5.74, 6) is 0. The first-order valence-electron chi connectivity index (χ1n) is 13.4. The zero-order valence-electron chi connectivity index (χ0n) is 20.5. The molecule has 0 spiro atoms. The van der Waals surface area contributed by atoms with Crippen LogP contribution in [0, 0.1) is 0 Å². The van der Waals surface area contributed by atoms with E-state index in [0.29, 0.717) is 0 Å². The van der Waals surface area contributed by atoms with Gasteiger partial charge in [0.25, 0.3) is 0 Å². The van der Waals surface area contributed by atoms with Gasteiger partial charge in [0.05, 0.1) is 13.2 Å². The van der Waals surface area contributed by atoms with Crippen LogP contribution in [0.1, 0.15) is 149 Å². The molecule has 1 atom stereocenters. The summed E-state index contributed by atoms with van der Waals surface area (Å²) in [6.45, 7) is 8.67. The Kier molecular flexibility index (Phi) is 26.7. The third kappa shape index (κ3) is 24.5. The molecule has 0 saturated carbocycles. The summed E-state index contributed by atoms with van der Waals surface area (Å²) in [6, 6.07) is 0. The standard InChI is InChI=1S/C26H55O2P/c1-4-7-10-13-16-17-19-22-25-28-29(26-23-20-15-12-9-6-3)27-24-21-18-14-11-8-5-2/h4-26H2,1-3H3. The van der Waals surface area contributed by atoms with E-state index >= 15 is 0 Å². The van der Waals surface area contributed by atoms with Gasteiger partial charge in [0, 0.05) is 6.16 Å². The molecule has 176 valence electrons. The minimum absolute atomic E-state index is 0.645. The molecule has 0 radical (unpaired) electrons. The fraction of sp³-hybridized carbons (Fsp3) is 1.00. The van der Waals surface area contributed by atoms with Crippen molar-refractivity contribution < 1.29 is 9.05 Å². The minimum atomic E-state index is -0.645. The van der Waals surface area contributed by atoms with Crippen molar-refractivity contribution in [2.45, 2.75) is 149 Å². The quantitative estimate of drug-likeness (QED) is 0.106. The van der Waals surface area contributed by atoms with Crippen LogP contribution in [0.4, 0.5) is 0 Å². The van der Waals surface area contributed by atoms with E-state index < -0.39 is 8.38 Å². The van der Waals surface area contributed by atoms with Gasteiger partial charge in [0.1, 0.15) is 0 Å². The zero-order valence-corrected chi connectivity index (χ0v) is 21.4. The van der Waals surface area contributed by atoms with E-state index in [0.717, 1.165) is 19.4 Å². The van der Waals surface area contributed by atoms with Gasteiger partial charge in [-0.2, -0.15) is 0 Å². The predicted octanol–water partition coefficient (Wildman–Crippen LogP) is 10.2. The normalized spacial score (nSPS) is 12.5. The highest BCUT2D eigenvalue weighted by Gasteiger charge is 2.10. The Morgan fingerprint density at radius 2 is 0.690 bits per heavy atom. The van der Waals surface area contributed by atoms with Crippen molar-refractivity contribution in [2.75, 3.05) is 19.4 Å². The maximum atomic E-state index is 6.20. The van der Waals surface area contributed by atoms with Crippen LogP contribution in [0.3, 0.4) is 0 Å². The zero-order chi connectivity index (χ0) is 21.3. The molecule has 0 bridgehead atoms. The molecule has 0 aromatic rings. The van der Waals surface area contributed by atoms with Crippen molar-refractivity contribution in [1.82, 2.24) is 0 Å². The van der Waals surface area contributed by atoms with Crippen molar-refractivity contribution in [3.8, 4) is 0 Å². The summed E-state index contributed by atoms with van der Waals surface area (Å²) in [7, 11) is -0.645. The van der Waals surface area contributed by atoms with E-state index in [2.05, 4.69) is 20.8 Å². The highest BCUT2D eigenvalue weighted by molar-refractivity contribution is 7.47. The Hall–Kier alpha value is 0.350. The molecule has 2 nitrogen and oxygen atoms in total. The molecule has 0 aromatic heterocycles. The fourth-order valence-electron chi connectivity index (χ4n) is 3.64. The van der Waals surface area contributed by atoms with Crippen molar-refractivity contribution in [1.29, 1.82) is 0 Å². The van der Waals surface area contributed by atoms with Gasteiger partial charge in [0.2, 0.25) is 0 Å². The number of unbranched alkanes of at least 4 members (excludes halogenated alkanes) is 17. The second-order valence-electron chi connectivity index (χ2n) is 8.73. The SMILES string of the molecule is CCCCCCCCCCOP(CCCCCCCC)OCCCCCCCC. The average molecular weight is 431 g/mol. The second-order valence-corrected chi connectivity index (χ2v) is 10.4. The molecule has 0 heterocycles. The van der Waals surface area contributed by atoms with Crippen molar-refractivity contribution in [2.24, 2.45) is 0 Å². The lowest BCUT2D eigenvalue weighted by Gasteiger charge is -2.18. The maximum absolute atomic E-state index is 6.20. The van der Waals surface area contributed by atoms with Crippen LogP contribution in [-0.4, -0.2) is 19.4 Å². The Morgan fingerprint density at radius 1 is 0.379 bits per heavy atom. The third-order valence-electron chi connectivity index (χ3n) is 5.66. The Balaban J connectivity index is 3.78. The van der Waals surface area contributed by atoms with E-state index in [4.69, 9.17) is 9.05 Å². The largest absolute Gasteiger partial charge is 0.334 e. The molecular formula is C26H55O2P. The lowest BCUT2D eigenvalue weighted by molar-refractivity contribution is 0.239. The van der Waals surface area contributed by atoms with Gasteiger partial charge in [-0.05, 0) is 19.3 Å².